The SMILES string of the molecule is CCCCOC[C@H]1O[C@H](C(F)(F)CC(N)C(=O)OCC)[C@H](OCOC)[C@@H](OCCCC)[C@H]1OCCCC. The van der Waals surface area contributed by atoms with Crippen LogP contribution >= 0.6 is 0 Å². The Bertz CT molecular complexity index is 601. The first-order chi connectivity index (χ1) is 17.8. The predicted octanol–water partition coefficient (Wildman–Crippen LogP) is 3.85. The summed E-state index contributed by atoms with van der Waals surface area (Å²) < 4.78 is 71.3. The van der Waals surface area contributed by atoms with Crippen LogP contribution in [0.3, 0.4) is 0 Å². The van der Waals surface area contributed by atoms with Gasteiger partial charge < -0.3 is 38.9 Å². The van der Waals surface area contributed by atoms with Gasteiger partial charge in [0.1, 0.15) is 37.3 Å². The quantitative estimate of drug-likeness (QED) is 0.132. The monoisotopic (exact) mass is 541 g/mol. The number of hydrogen-bond donors (Lipinski definition) is 1. The van der Waals surface area contributed by atoms with Gasteiger partial charge in [-0.3, -0.25) is 4.79 Å². The van der Waals surface area contributed by atoms with Gasteiger partial charge in [0.15, 0.2) is 6.10 Å². The molecule has 220 valence electrons. The maximum Gasteiger partial charge on any atom is 0.323 e. The van der Waals surface area contributed by atoms with Crippen LogP contribution in [0, 0.1) is 0 Å². The van der Waals surface area contributed by atoms with Crippen LogP contribution in [0.5, 0.6) is 0 Å². The molecule has 0 aromatic rings. The number of rotatable bonds is 21. The fraction of sp³-hybridized carbons (Fsp3) is 0.962. The van der Waals surface area contributed by atoms with Crippen LogP contribution < -0.4 is 5.73 Å². The summed E-state index contributed by atoms with van der Waals surface area (Å²) >= 11 is 0. The highest BCUT2D eigenvalue weighted by Crippen LogP contribution is 2.38. The van der Waals surface area contributed by atoms with E-state index in [1.165, 1.54) is 7.11 Å². The standard InChI is InChI=1S/C26H49F2NO8/c1-6-10-13-32-17-20-21(34-14-11-7-2)22(35-15-12-8-3)23(36-18-31-5)24(37-20)26(27,28)16-19(29)25(30)33-9-4/h19-24H,6-18,29H2,1-5H3/t19?,20-,21+,22+,23-,24+/m1/s1. The lowest BCUT2D eigenvalue weighted by Crippen LogP contribution is -2.66. The summed E-state index contributed by atoms with van der Waals surface area (Å²) in [6, 6.07) is -1.53. The first-order valence-corrected chi connectivity index (χ1v) is 13.6. The highest BCUT2D eigenvalue weighted by Gasteiger charge is 2.57. The lowest BCUT2D eigenvalue weighted by Gasteiger charge is -2.48. The summed E-state index contributed by atoms with van der Waals surface area (Å²) in [5, 5.41) is 0. The minimum Gasteiger partial charge on any atom is -0.465 e. The molecule has 0 amide bonds. The predicted molar refractivity (Wildman–Crippen MR) is 135 cm³/mol. The Labute approximate surface area is 220 Å². The van der Waals surface area contributed by atoms with Gasteiger partial charge in [0.2, 0.25) is 0 Å². The van der Waals surface area contributed by atoms with Crippen LogP contribution in [-0.4, -0.2) is 95.4 Å². The molecule has 1 fully saturated rings. The summed E-state index contributed by atoms with van der Waals surface area (Å²) in [7, 11) is 1.40. The summed E-state index contributed by atoms with van der Waals surface area (Å²) in [5.74, 6) is -4.45. The van der Waals surface area contributed by atoms with E-state index in [0.717, 1.165) is 38.5 Å². The Hall–Kier alpha value is -0.950. The average molecular weight is 542 g/mol. The number of halogens is 2. The summed E-state index contributed by atoms with van der Waals surface area (Å²) in [6.45, 7) is 8.74. The van der Waals surface area contributed by atoms with E-state index in [0.29, 0.717) is 19.8 Å². The number of ether oxygens (including phenoxy) is 7. The highest BCUT2D eigenvalue weighted by molar-refractivity contribution is 5.75. The van der Waals surface area contributed by atoms with Crippen molar-refractivity contribution in [2.75, 3.05) is 46.9 Å². The average Bonchev–Trinajstić information content (AvgIpc) is 2.86. The van der Waals surface area contributed by atoms with Crippen LogP contribution in [0.25, 0.3) is 0 Å². The largest absolute Gasteiger partial charge is 0.465 e. The topological polar surface area (TPSA) is 108 Å². The number of hydrogen-bond acceptors (Lipinski definition) is 9. The van der Waals surface area contributed by atoms with E-state index in [4.69, 9.17) is 38.9 Å². The highest BCUT2D eigenvalue weighted by atomic mass is 19.3. The van der Waals surface area contributed by atoms with Gasteiger partial charge in [0.05, 0.1) is 13.2 Å². The molecule has 0 aliphatic carbocycles. The van der Waals surface area contributed by atoms with E-state index < -0.39 is 54.9 Å². The van der Waals surface area contributed by atoms with E-state index in [1.54, 1.807) is 6.92 Å². The normalized spacial score (nSPS) is 25.2. The summed E-state index contributed by atoms with van der Waals surface area (Å²) in [5.41, 5.74) is 5.77. The van der Waals surface area contributed by atoms with Gasteiger partial charge in [0.25, 0.3) is 5.92 Å². The van der Waals surface area contributed by atoms with Crippen LogP contribution in [0.15, 0.2) is 0 Å². The molecule has 1 saturated heterocycles. The molecule has 6 atom stereocenters. The molecule has 1 heterocycles. The second kappa shape index (κ2) is 19.2. The molecule has 0 aromatic heterocycles. The third-order valence-electron chi connectivity index (χ3n) is 6.05. The van der Waals surface area contributed by atoms with Crippen molar-refractivity contribution < 1.29 is 46.7 Å². The van der Waals surface area contributed by atoms with E-state index in [-0.39, 0.29) is 20.0 Å². The number of carbonyl (C=O) groups excluding carboxylic acids is 1. The third-order valence-corrected chi connectivity index (χ3v) is 6.05. The van der Waals surface area contributed by atoms with Crippen molar-refractivity contribution in [3.8, 4) is 0 Å². The van der Waals surface area contributed by atoms with Gasteiger partial charge in [-0.2, -0.15) is 0 Å². The summed E-state index contributed by atoms with van der Waals surface area (Å²) in [4.78, 5) is 12.0. The molecule has 0 aromatic carbocycles. The van der Waals surface area contributed by atoms with E-state index >= 15 is 8.78 Å². The van der Waals surface area contributed by atoms with Crippen LogP contribution in [0.4, 0.5) is 8.78 Å². The van der Waals surface area contributed by atoms with Crippen molar-refractivity contribution in [1.29, 1.82) is 0 Å². The maximum absolute atomic E-state index is 15.8. The Kier molecular flexibility index (Phi) is 17.6. The van der Waals surface area contributed by atoms with Crippen LogP contribution in [0.2, 0.25) is 0 Å². The lowest BCUT2D eigenvalue weighted by atomic mass is 9.89. The molecule has 0 spiro atoms. The van der Waals surface area contributed by atoms with E-state index in [9.17, 15) is 4.79 Å². The van der Waals surface area contributed by atoms with Gasteiger partial charge in [0, 0.05) is 33.4 Å². The molecular weight excluding hydrogens is 492 g/mol. The number of esters is 1. The number of nitrogens with two attached hydrogens (primary N) is 1. The van der Waals surface area contributed by atoms with Gasteiger partial charge in [-0.25, -0.2) is 8.78 Å². The zero-order chi connectivity index (χ0) is 27.7. The number of unbranched alkanes of at least 4 members (excludes halogenated alkanes) is 3. The Morgan fingerprint density at radius 1 is 0.919 bits per heavy atom. The zero-order valence-electron chi connectivity index (χ0n) is 23.3. The second-order valence-corrected chi connectivity index (χ2v) is 9.26. The van der Waals surface area contributed by atoms with Crippen molar-refractivity contribution in [2.24, 2.45) is 5.73 Å². The third kappa shape index (κ3) is 11.8. The van der Waals surface area contributed by atoms with Crippen molar-refractivity contribution in [3.63, 3.8) is 0 Å². The molecule has 1 aliphatic heterocycles. The molecule has 0 bridgehead atoms. The Morgan fingerprint density at radius 2 is 1.51 bits per heavy atom. The van der Waals surface area contributed by atoms with Gasteiger partial charge >= 0.3 is 5.97 Å². The smallest absolute Gasteiger partial charge is 0.323 e. The summed E-state index contributed by atoms with van der Waals surface area (Å²) in [6.07, 6.45) is -1.33. The van der Waals surface area contributed by atoms with Crippen molar-refractivity contribution in [1.82, 2.24) is 0 Å². The molecule has 2 N–H and O–H groups in total. The first-order valence-electron chi connectivity index (χ1n) is 13.6. The van der Waals surface area contributed by atoms with Crippen molar-refractivity contribution in [3.05, 3.63) is 0 Å². The first kappa shape index (κ1) is 34.1. The van der Waals surface area contributed by atoms with Gasteiger partial charge in [-0.05, 0) is 26.2 Å². The van der Waals surface area contributed by atoms with E-state index in [2.05, 4.69) is 0 Å². The van der Waals surface area contributed by atoms with Crippen molar-refractivity contribution >= 4 is 5.97 Å². The molecular formula is C26H49F2NO8. The van der Waals surface area contributed by atoms with Gasteiger partial charge in [-0.15, -0.1) is 0 Å². The number of methoxy groups -OCH3 is 1. The molecule has 9 nitrogen and oxygen atoms in total. The minimum atomic E-state index is -3.55. The maximum atomic E-state index is 15.8. The molecule has 37 heavy (non-hydrogen) atoms. The molecule has 1 rings (SSSR count). The zero-order valence-corrected chi connectivity index (χ0v) is 23.3. The number of carbonyl (C=O) groups is 1. The Balaban J connectivity index is 3.32. The van der Waals surface area contributed by atoms with E-state index in [1.807, 2.05) is 20.8 Å². The van der Waals surface area contributed by atoms with Crippen LogP contribution in [0.1, 0.15) is 72.6 Å². The Morgan fingerprint density at radius 3 is 2.08 bits per heavy atom. The molecule has 1 aliphatic rings. The fourth-order valence-corrected chi connectivity index (χ4v) is 4.02. The van der Waals surface area contributed by atoms with Gasteiger partial charge in [-0.1, -0.05) is 40.0 Å². The fourth-order valence-electron chi connectivity index (χ4n) is 4.02. The molecule has 11 heteroatoms. The van der Waals surface area contributed by atoms with Crippen molar-refractivity contribution in [2.45, 2.75) is 115 Å². The minimum absolute atomic E-state index is 0.0406. The lowest BCUT2D eigenvalue weighted by molar-refractivity contribution is -0.314. The second-order valence-electron chi connectivity index (χ2n) is 9.26. The molecule has 1 unspecified atom stereocenters. The van der Waals surface area contributed by atoms with Crippen LogP contribution in [-0.2, 0) is 38.0 Å². The molecule has 0 radical (unpaired) electrons. The number of alkyl halides is 2. The molecule has 0 saturated carbocycles.